The van der Waals surface area contributed by atoms with Gasteiger partial charge in [0.15, 0.2) is 5.13 Å². The molecule has 5 nitrogen and oxygen atoms in total. The average molecular weight is 282 g/mol. The molecule has 6 heteroatoms. The number of carbonyl (C=O) groups excluding carboxylic acids is 1. The Kier molecular flexibility index (Phi) is 4.29. The van der Waals surface area contributed by atoms with E-state index in [4.69, 9.17) is 5.73 Å². The van der Waals surface area contributed by atoms with Crippen LogP contribution >= 0.6 is 11.3 Å². The van der Waals surface area contributed by atoms with Gasteiger partial charge < -0.3 is 15.5 Å². The summed E-state index contributed by atoms with van der Waals surface area (Å²) in [6.45, 7) is 5.87. The molecule has 0 radical (unpaired) electrons. The zero-order valence-electron chi connectivity index (χ0n) is 11.8. The highest BCUT2D eigenvalue weighted by Gasteiger charge is 2.30. The van der Waals surface area contributed by atoms with E-state index in [-0.39, 0.29) is 5.91 Å². The molecule has 1 aromatic rings. The maximum Gasteiger partial charge on any atom is 0.268 e. The molecule has 1 aliphatic heterocycles. The van der Waals surface area contributed by atoms with E-state index in [1.807, 2.05) is 23.8 Å². The monoisotopic (exact) mass is 282 g/mol. The molecule has 1 saturated heterocycles. The second-order valence-corrected chi connectivity index (χ2v) is 5.91. The van der Waals surface area contributed by atoms with Gasteiger partial charge in [-0.3, -0.25) is 4.79 Å². The van der Waals surface area contributed by atoms with E-state index in [1.165, 1.54) is 11.3 Å². The van der Waals surface area contributed by atoms with Gasteiger partial charge in [-0.2, -0.15) is 0 Å². The lowest BCUT2D eigenvalue weighted by Crippen LogP contribution is -2.34. The van der Waals surface area contributed by atoms with Crippen molar-refractivity contribution in [1.29, 1.82) is 0 Å². The Hall–Kier alpha value is -1.30. The smallest absolute Gasteiger partial charge is 0.268 e. The zero-order chi connectivity index (χ0) is 14.0. The van der Waals surface area contributed by atoms with Gasteiger partial charge >= 0.3 is 0 Å². The van der Waals surface area contributed by atoms with Gasteiger partial charge in [0, 0.05) is 26.2 Å². The van der Waals surface area contributed by atoms with Gasteiger partial charge in [0.1, 0.15) is 10.7 Å². The van der Waals surface area contributed by atoms with Crippen LogP contribution in [-0.2, 0) is 0 Å². The van der Waals surface area contributed by atoms with Crippen LogP contribution < -0.4 is 10.6 Å². The van der Waals surface area contributed by atoms with E-state index >= 15 is 0 Å². The summed E-state index contributed by atoms with van der Waals surface area (Å²) >= 11 is 1.40. The van der Waals surface area contributed by atoms with Gasteiger partial charge in [0.2, 0.25) is 0 Å². The molecule has 0 aromatic carbocycles. The van der Waals surface area contributed by atoms with Gasteiger partial charge in [-0.25, -0.2) is 4.98 Å². The van der Waals surface area contributed by atoms with Crippen molar-refractivity contribution in [2.24, 2.45) is 0 Å². The van der Waals surface area contributed by atoms with Crippen LogP contribution in [-0.4, -0.2) is 42.0 Å². The quantitative estimate of drug-likeness (QED) is 0.919. The second-order valence-electron chi connectivity index (χ2n) is 4.93. The first-order valence-electron chi connectivity index (χ1n) is 6.86. The van der Waals surface area contributed by atoms with E-state index < -0.39 is 0 Å². The Morgan fingerprint density at radius 1 is 1.58 bits per heavy atom. The Morgan fingerprint density at radius 3 is 2.95 bits per heavy atom. The molecule has 0 bridgehead atoms. The van der Waals surface area contributed by atoms with Crippen molar-refractivity contribution in [1.82, 2.24) is 9.88 Å². The van der Waals surface area contributed by atoms with Crippen LogP contribution in [0, 0.1) is 0 Å². The summed E-state index contributed by atoms with van der Waals surface area (Å²) in [4.78, 5) is 21.4. The van der Waals surface area contributed by atoms with E-state index in [0.717, 1.165) is 37.5 Å². The Labute approximate surface area is 118 Å². The third-order valence-corrected chi connectivity index (χ3v) is 4.92. The molecule has 1 amide bonds. The molecular formula is C13H22N4OS. The molecule has 0 saturated carbocycles. The predicted octanol–water partition coefficient (Wildman–Crippen LogP) is 2.20. The maximum absolute atomic E-state index is 12.6. The van der Waals surface area contributed by atoms with Crippen molar-refractivity contribution >= 4 is 28.2 Å². The molecule has 2 rings (SSSR count). The molecule has 1 aromatic heterocycles. The fourth-order valence-corrected chi connectivity index (χ4v) is 3.40. The van der Waals surface area contributed by atoms with Crippen molar-refractivity contribution in [3.63, 3.8) is 0 Å². The molecule has 0 aliphatic carbocycles. The summed E-state index contributed by atoms with van der Waals surface area (Å²) < 4.78 is 0. The highest BCUT2D eigenvalue weighted by atomic mass is 32.1. The SMILES string of the molecule is CCC1CCCN1C(=O)c1sc(N(C)CC)nc1N. The molecule has 0 spiro atoms. The molecule has 2 N–H and O–H groups in total. The van der Waals surface area contributed by atoms with E-state index in [9.17, 15) is 4.79 Å². The van der Waals surface area contributed by atoms with Crippen LogP contribution in [0.25, 0.3) is 0 Å². The van der Waals surface area contributed by atoms with Crippen LogP contribution in [0.4, 0.5) is 10.9 Å². The van der Waals surface area contributed by atoms with Crippen molar-refractivity contribution < 1.29 is 4.79 Å². The van der Waals surface area contributed by atoms with Crippen LogP contribution in [0.2, 0.25) is 0 Å². The van der Waals surface area contributed by atoms with E-state index in [1.54, 1.807) is 0 Å². The molecule has 1 aliphatic rings. The standard InChI is InChI=1S/C13H22N4OS/c1-4-9-7-6-8-17(9)12(18)10-11(14)15-13(19-10)16(3)5-2/h9H,4-8,14H2,1-3H3. The number of anilines is 2. The molecular weight excluding hydrogens is 260 g/mol. The summed E-state index contributed by atoms with van der Waals surface area (Å²) in [6, 6.07) is 0.362. The first kappa shape index (κ1) is 14.1. The van der Waals surface area contributed by atoms with Gasteiger partial charge in [-0.1, -0.05) is 18.3 Å². The predicted molar refractivity (Wildman–Crippen MR) is 79.8 cm³/mol. The number of hydrogen-bond acceptors (Lipinski definition) is 5. The summed E-state index contributed by atoms with van der Waals surface area (Å²) in [5.74, 6) is 0.419. The van der Waals surface area contributed by atoms with Crippen LogP contribution in [0.1, 0.15) is 42.8 Å². The molecule has 1 atom stereocenters. The molecule has 106 valence electrons. The molecule has 1 fully saturated rings. The molecule has 19 heavy (non-hydrogen) atoms. The summed E-state index contributed by atoms with van der Waals surface area (Å²) in [7, 11) is 1.96. The normalized spacial score (nSPS) is 18.9. The number of carbonyl (C=O) groups is 1. The van der Waals surface area contributed by atoms with Crippen molar-refractivity contribution in [2.75, 3.05) is 30.8 Å². The lowest BCUT2D eigenvalue weighted by Gasteiger charge is -2.22. The number of aromatic nitrogens is 1. The Morgan fingerprint density at radius 2 is 2.32 bits per heavy atom. The van der Waals surface area contributed by atoms with E-state index in [0.29, 0.717) is 16.7 Å². The van der Waals surface area contributed by atoms with Crippen molar-refractivity contribution in [3.05, 3.63) is 4.88 Å². The van der Waals surface area contributed by atoms with Gasteiger partial charge in [0.25, 0.3) is 5.91 Å². The van der Waals surface area contributed by atoms with Crippen molar-refractivity contribution in [3.8, 4) is 0 Å². The Bertz CT molecular complexity index is 459. The van der Waals surface area contributed by atoms with Crippen LogP contribution in [0.5, 0.6) is 0 Å². The average Bonchev–Trinajstić information content (AvgIpc) is 3.03. The largest absolute Gasteiger partial charge is 0.382 e. The number of likely N-dealkylation sites (tertiary alicyclic amines) is 1. The van der Waals surface area contributed by atoms with Gasteiger partial charge in [0.05, 0.1) is 0 Å². The number of amides is 1. The lowest BCUT2D eigenvalue weighted by atomic mass is 10.2. The number of nitrogen functional groups attached to an aromatic ring is 1. The highest BCUT2D eigenvalue weighted by Crippen LogP contribution is 2.31. The maximum atomic E-state index is 12.6. The number of nitrogens with zero attached hydrogens (tertiary/aromatic N) is 3. The second kappa shape index (κ2) is 5.77. The van der Waals surface area contributed by atoms with Crippen molar-refractivity contribution in [2.45, 2.75) is 39.2 Å². The topological polar surface area (TPSA) is 62.5 Å². The fourth-order valence-electron chi connectivity index (χ4n) is 2.43. The van der Waals surface area contributed by atoms with Crippen LogP contribution in [0.15, 0.2) is 0 Å². The van der Waals surface area contributed by atoms with Gasteiger partial charge in [-0.05, 0) is 26.2 Å². The first-order valence-corrected chi connectivity index (χ1v) is 7.68. The number of hydrogen-bond donors (Lipinski definition) is 1. The fraction of sp³-hybridized carbons (Fsp3) is 0.692. The summed E-state index contributed by atoms with van der Waals surface area (Å²) in [6.07, 6.45) is 3.19. The lowest BCUT2D eigenvalue weighted by molar-refractivity contribution is 0.0739. The highest BCUT2D eigenvalue weighted by molar-refractivity contribution is 7.18. The first-order chi connectivity index (χ1) is 9.08. The number of thiazole rings is 1. The minimum absolute atomic E-state index is 0.0510. The summed E-state index contributed by atoms with van der Waals surface area (Å²) in [5, 5.41) is 0.815. The summed E-state index contributed by atoms with van der Waals surface area (Å²) in [5.41, 5.74) is 5.91. The third kappa shape index (κ3) is 2.68. The minimum Gasteiger partial charge on any atom is -0.382 e. The zero-order valence-corrected chi connectivity index (χ0v) is 12.7. The minimum atomic E-state index is 0.0510. The number of nitrogens with two attached hydrogens (primary N) is 1. The molecule has 2 heterocycles. The third-order valence-electron chi connectivity index (χ3n) is 3.75. The Balaban J connectivity index is 2.21. The van der Waals surface area contributed by atoms with Gasteiger partial charge in [-0.15, -0.1) is 0 Å². The number of rotatable bonds is 4. The van der Waals surface area contributed by atoms with E-state index in [2.05, 4.69) is 11.9 Å². The molecule has 1 unspecified atom stereocenters. The van der Waals surface area contributed by atoms with Crippen LogP contribution in [0.3, 0.4) is 0 Å².